The van der Waals surface area contributed by atoms with Gasteiger partial charge in [-0.15, -0.1) is 0 Å². The molecule has 0 aliphatic carbocycles. The molecule has 2 aromatic rings. The molecule has 0 spiro atoms. The molecule has 0 bridgehead atoms. The molecule has 2 aromatic carbocycles. The van der Waals surface area contributed by atoms with Gasteiger partial charge in [-0.3, -0.25) is 9.59 Å². The molecule has 2 rings (SSSR count). The normalized spacial score (nSPS) is 11.8. The summed E-state index contributed by atoms with van der Waals surface area (Å²) in [6.07, 6.45) is 0. The van der Waals surface area contributed by atoms with E-state index in [2.05, 4.69) is 5.32 Å². The van der Waals surface area contributed by atoms with Gasteiger partial charge in [-0.05, 0) is 69.9 Å². The minimum Gasteiger partial charge on any atom is -0.483 e. The maximum Gasteiger partial charge on any atom is 0.261 e. The van der Waals surface area contributed by atoms with Crippen molar-refractivity contribution in [3.05, 3.63) is 64.7 Å². The van der Waals surface area contributed by atoms with Gasteiger partial charge in [-0.25, -0.2) is 0 Å². The topological polar surface area (TPSA) is 58.6 Å². The summed E-state index contributed by atoms with van der Waals surface area (Å²) in [6, 6.07) is 13.2. The SMILES string of the molecule is Cc1ccc(C)c(OCC(=O)N(Cc2ccccc2C)[C@@H](C)C(=O)NC(C)C)c1. The first kappa shape index (κ1) is 22.5. The van der Waals surface area contributed by atoms with Crippen LogP contribution in [-0.2, 0) is 16.1 Å². The lowest BCUT2D eigenvalue weighted by molar-refractivity contribution is -0.142. The van der Waals surface area contributed by atoms with Crippen LogP contribution >= 0.6 is 0 Å². The lowest BCUT2D eigenvalue weighted by Gasteiger charge is -2.30. The summed E-state index contributed by atoms with van der Waals surface area (Å²) in [5.41, 5.74) is 4.13. The van der Waals surface area contributed by atoms with Gasteiger partial charge in [0, 0.05) is 12.6 Å². The summed E-state index contributed by atoms with van der Waals surface area (Å²) in [4.78, 5) is 27.3. The Hall–Kier alpha value is -2.82. The van der Waals surface area contributed by atoms with Crippen LogP contribution in [0.2, 0.25) is 0 Å². The van der Waals surface area contributed by atoms with Crippen LogP contribution in [0.15, 0.2) is 42.5 Å². The van der Waals surface area contributed by atoms with Crippen LogP contribution in [0.3, 0.4) is 0 Å². The predicted octanol–water partition coefficient (Wildman–Crippen LogP) is 3.93. The maximum absolute atomic E-state index is 13.1. The van der Waals surface area contributed by atoms with E-state index in [9.17, 15) is 9.59 Å². The number of ether oxygens (including phenoxy) is 1. The highest BCUT2D eigenvalue weighted by Gasteiger charge is 2.27. The van der Waals surface area contributed by atoms with Crippen molar-refractivity contribution in [2.45, 2.75) is 60.2 Å². The van der Waals surface area contributed by atoms with Gasteiger partial charge in [-0.1, -0.05) is 36.4 Å². The number of hydrogen-bond donors (Lipinski definition) is 1. The molecule has 2 amide bonds. The van der Waals surface area contributed by atoms with Crippen molar-refractivity contribution in [3.63, 3.8) is 0 Å². The van der Waals surface area contributed by atoms with Crippen LogP contribution in [0, 0.1) is 20.8 Å². The van der Waals surface area contributed by atoms with Crippen LogP contribution in [0.4, 0.5) is 0 Å². The fourth-order valence-electron chi connectivity index (χ4n) is 3.04. The molecule has 1 atom stereocenters. The Morgan fingerprint density at radius 1 is 1.00 bits per heavy atom. The molecule has 0 radical (unpaired) electrons. The van der Waals surface area contributed by atoms with Gasteiger partial charge in [0.05, 0.1) is 0 Å². The van der Waals surface area contributed by atoms with E-state index in [1.165, 1.54) is 0 Å². The molecule has 5 nitrogen and oxygen atoms in total. The van der Waals surface area contributed by atoms with E-state index in [4.69, 9.17) is 4.74 Å². The molecular weight excluding hydrogens is 364 g/mol. The van der Waals surface area contributed by atoms with Crippen LogP contribution in [-0.4, -0.2) is 35.4 Å². The van der Waals surface area contributed by atoms with E-state index in [-0.39, 0.29) is 24.5 Å². The van der Waals surface area contributed by atoms with Crippen LogP contribution in [0.1, 0.15) is 43.0 Å². The van der Waals surface area contributed by atoms with Crippen molar-refractivity contribution in [1.82, 2.24) is 10.2 Å². The van der Waals surface area contributed by atoms with Gasteiger partial charge in [0.15, 0.2) is 6.61 Å². The largest absolute Gasteiger partial charge is 0.483 e. The average molecular weight is 397 g/mol. The number of benzene rings is 2. The first-order valence-corrected chi connectivity index (χ1v) is 10.0. The number of amides is 2. The van der Waals surface area contributed by atoms with Crippen molar-refractivity contribution in [3.8, 4) is 5.75 Å². The minimum absolute atomic E-state index is 0.00607. The van der Waals surface area contributed by atoms with Crippen molar-refractivity contribution in [1.29, 1.82) is 0 Å². The number of rotatable bonds is 8. The Balaban J connectivity index is 2.20. The smallest absolute Gasteiger partial charge is 0.261 e. The molecule has 0 unspecified atom stereocenters. The number of hydrogen-bond acceptors (Lipinski definition) is 3. The standard InChI is InChI=1S/C24H32N2O3/c1-16(2)25-24(28)20(6)26(14-21-10-8-7-9-18(21)4)23(27)15-29-22-13-17(3)11-12-19(22)5/h7-13,16,20H,14-15H2,1-6H3,(H,25,28)/t20-/m0/s1. The molecule has 0 saturated heterocycles. The molecule has 0 saturated carbocycles. The second-order valence-electron chi connectivity index (χ2n) is 7.85. The van der Waals surface area contributed by atoms with Crippen molar-refractivity contribution < 1.29 is 14.3 Å². The van der Waals surface area contributed by atoms with Gasteiger partial charge in [0.1, 0.15) is 11.8 Å². The quantitative estimate of drug-likeness (QED) is 0.735. The summed E-state index contributed by atoms with van der Waals surface area (Å²) in [7, 11) is 0. The second kappa shape index (κ2) is 10.1. The van der Waals surface area contributed by atoms with Gasteiger partial charge < -0.3 is 15.0 Å². The van der Waals surface area contributed by atoms with Gasteiger partial charge in [0.25, 0.3) is 5.91 Å². The Labute approximate surface area is 174 Å². The summed E-state index contributed by atoms with van der Waals surface area (Å²) < 4.78 is 5.82. The number of nitrogens with one attached hydrogen (secondary N) is 1. The predicted molar refractivity (Wildman–Crippen MR) is 116 cm³/mol. The molecule has 0 aromatic heterocycles. The zero-order chi connectivity index (χ0) is 21.6. The van der Waals surface area contributed by atoms with Crippen molar-refractivity contribution in [2.24, 2.45) is 0 Å². The fourth-order valence-corrected chi connectivity index (χ4v) is 3.04. The Bertz CT molecular complexity index is 861. The van der Waals surface area contributed by atoms with E-state index in [1.807, 2.05) is 77.1 Å². The third-order valence-electron chi connectivity index (χ3n) is 4.89. The monoisotopic (exact) mass is 396 g/mol. The molecule has 5 heteroatoms. The Kier molecular flexibility index (Phi) is 7.82. The zero-order valence-electron chi connectivity index (χ0n) is 18.3. The summed E-state index contributed by atoms with van der Waals surface area (Å²) in [5, 5.41) is 2.89. The molecule has 0 aliphatic rings. The lowest BCUT2D eigenvalue weighted by atomic mass is 10.1. The van der Waals surface area contributed by atoms with E-state index in [0.29, 0.717) is 12.3 Å². The molecule has 1 N–H and O–H groups in total. The van der Waals surface area contributed by atoms with E-state index in [1.54, 1.807) is 11.8 Å². The van der Waals surface area contributed by atoms with Crippen molar-refractivity contribution in [2.75, 3.05) is 6.61 Å². The number of carbonyl (C=O) groups excluding carboxylic acids is 2. The highest BCUT2D eigenvalue weighted by Crippen LogP contribution is 2.20. The highest BCUT2D eigenvalue weighted by atomic mass is 16.5. The number of carbonyl (C=O) groups is 2. The van der Waals surface area contributed by atoms with Gasteiger partial charge >= 0.3 is 0 Å². The Morgan fingerprint density at radius 2 is 1.69 bits per heavy atom. The molecular formula is C24H32N2O3. The van der Waals surface area contributed by atoms with Crippen LogP contribution in [0.25, 0.3) is 0 Å². The van der Waals surface area contributed by atoms with Gasteiger partial charge in [0.2, 0.25) is 5.91 Å². The molecule has 29 heavy (non-hydrogen) atoms. The fraction of sp³-hybridized carbons (Fsp3) is 0.417. The molecule has 0 heterocycles. The molecule has 0 aliphatic heterocycles. The van der Waals surface area contributed by atoms with E-state index >= 15 is 0 Å². The summed E-state index contributed by atoms with van der Waals surface area (Å²) in [5.74, 6) is 0.294. The first-order valence-electron chi connectivity index (χ1n) is 10.0. The molecule has 156 valence electrons. The molecule has 0 fully saturated rings. The van der Waals surface area contributed by atoms with E-state index < -0.39 is 6.04 Å². The highest BCUT2D eigenvalue weighted by molar-refractivity contribution is 5.88. The number of nitrogens with zero attached hydrogens (tertiary/aromatic N) is 1. The average Bonchev–Trinajstić information content (AvgIpc) is 2.66. The Morgan fingerprint density at radius 3 is 2.34 bits per heavy atom. The van der Waals surface area contributed by atoms with E-state index in [0.717, 1.165) is 22.3 Å². The lowest BCUT2D eigenvalue weighted by Crippen LogP contribution is -2.50. The number of aryl methyl sites for hydroxylation is 3. The van der Waals surface area contributed by atoms with Crippen LogP contribution < -0.4 is 10.1 Å². The third-order valence-corrected chi connectivity index (χ3v) is 4.89. The zero-order valence-corrected chi connectivity index (χ0v) is 18.3. The van der Waals surface area contributed by atoms with Crippen molar-refractivity contribution >= 4 is 11.8 Å². The maximum atomic E-state index is 13.1. The van der Waals surface area contributed by atoms with Crippen LogP contribution in [0.5, 0.6) is 5.75 Å². The third kappa shape index (κ3) is 6.34. The van der Waals surface area contributed by atoms with Gasteiger partial charge in [-0.2, -0.15) is 0 Å². The summed E-state index contributed by atoms with van der Waals surface area (Å²) >= 11 is 0. The summed E-state index contributed by atoms with van der Waals surface area (Å²) in [6.45, 7) is 11.7. The minimum atomic E-state index is -0.605. The second-order valence-corrected chi connectivity index (χ2v) is 7.85. The first-order chi connectivity index (χ1) is 13.7.